The van der Waals surface area contributed by atoms with E-state index in [-0.39, 0.29) is 5.82 Å². The lowest BCUT2D eigenvalue weighted by Crippen LogP contribution is -2.37. The predicted octanol–water partition coefficient (Wildman–Crippen LogP) is 3.09. The fourth-order valence-corrected chi connectivity index (χ4v) is 2.22. The monoisotopic (exact) mass is 353 g/mol. The zero-order chi connectivity index (χ0) is 15.1. The predicted molar refractivity (Wildman–Crippen MR) is 84.7 cm³/mol. The third kappa shape index (κ3) is 4.90. The van der Waals surface area contributed by atoms with Gasteiger partial charge in [0.25, 0.3) is 0 Å². The second-order valence-corrected chi connectivity index (χ2v) is 5.27. The Kier molecular flexibility index (Phi) is 5.80. The molecule has 0 bridgehead atoms. The maximum Gasteiger partial charge on any atom is 0.191 e. The average molecular weight is 354 g/mol. The maximum absolute atomic E-state index is 13.2. The number of guanidine groups is 1. The molecule has 0 saturated carbocycles. The van der Waals surface area contributed by atoms with E-state index < -0.39 is 0 Å². The largest absolute Gasteiger partial charge is 0.469 e. The minimum atomic E-state index is -0.254. The standard InChI is InChI=1S/C15H17BrFN3O/c1-18-15(19-7-6-13-3-2-8-21-13)20-10-11-9-12(17)4-5-14(11)16/h2-5,8-9H,6-7,10H2,1H3,(H2,18,19,20). The van der Waals surface area contributed by atoms with Crippen molar-refractivity contribution in [2.45, 2.75) is 13.0 Å². The van der Waals surface area contributed by atoms with E-state index in [1.165, 1.54) is 12.1 Å². The van der Waals surface area contributed by atoms with Crippen molar-refractivity contribution >= 4 is 21.9 Å². The van der Waals surface area contributed by atoms with Gasteiger partial charge < -0.3 is 15.1 Å². The number of furan rings is 1. The van der Waals surface area contributed by atoms with Gasteiger partial charge in [-0.15, -0.1) is 0 Å². The Morgan fingerprint density at radius 2 is 2.19 bits per heavy atom. The van der Waals surface area contributed by atoms with Gasteiger partial charge in [-0.2, -0.15) is 0 Å². The molecular formula is C15H17BrFN3O. The molecule has 0 aliphatic heterocycles. The van der Waals surface area contributed by atoms with Crippen LogP contribution in [-0.2, 0) is 13.0 Å². The Bertz CT molecular complexity index is 599. The number of nitrogens with zero attached hydrogens (tertiary/aromatic N) is 1. The molecule has 21 heavy (non-hydrogen) atoms. The third-order valence-corrected chi connectivity index (χ3v) is 3.70. The van der Waals surface area contributed by atoms with Crippen LogP contribution in [0, 0.1) is 5.82 Å². The lowest BCUT2D eigenvalue weighted by Gasteiger charge is -2.12. The summed E-state index contributed by atoms with van der Waals surface area (Å²) in [6.45, 7) is 1.19. The number of aliphatic imine (C=N–C) groups is 1. The molecule has 1 aromatic carbocycles. The van der Waals surface area contributed by atoms with Crippen molar-refractivity contribution in [3.8, 4) is 0 Å². The van der Waals surface area contributed by atoms with Gasteiger partial charge in [0, 0.05) is 31.0 Å². The van der Waals surface area contributed by atoms with Gasteiger partial charge in [0.15, 0.2) is 5.96 Å². The summed E-state index contributed by atoms with van der Waals surface area (Å²) in [7, 11) is 1.70. The first-order chi connectivity index (χ1) is 10.2. The van der Waals surface area contributed by atoms with Crippen LogP contribution < -0.4 is 10.6 Å². The van der Waals surface area contributed by atoms with E-state index in [2.05, 4.69) is 31.6 Å². The summed E-state index contributed by atoms with van der Waals surface area (Å²) in [5.74, 6) is 1.33. The Morgan fingerprint density at radius 3 is 2.90 bits per heavy atom. The van der Waals surface area contributed by atoms with E-state index in [1.54, 1.807) is 19.4 Å². The fraction of sp³-hybridized carbons (Fsp3) is 0.267. The minimum absolute atomic E-state index is 0.254. The number of nitrogens with one attached hydrogen (secondary N) is 2. The molecule has 0 amide bonds. The van der Waals surface area contributed by atoms with Gasteiger partial charge in [-0.05, 0) is 35.9 Å². The zero-order valence-electron chi connectivity index (χ0n) is 11.7. The van der Waals surface area contributed by atoms with E-state index >= 15 is 0 Å². The highest BCUT2D eigenvalue weighted by Gasteiger charge is 2.04. The Hall–Kier alpha value is -1.82. The summed E-state index contributed by atoms with van der Waals surface area (Å²) >= 11 is 3.40. The van der Waals surface area contributed by atoms with Crippen molar-refractivity contribution in [3.05, 3.63) is 58.2 Å². The normalized spacial score (nSPS) is 11.5. The molecule has 6 heteroatoms. The quantitative estimate of drug-likeness (QED) is 0.641. The van der Waals surface area contributed by atoms with Gasteiger partial charge in [-0.1, -0.05) is 15.9 Å². The number of halogens is 2. The van der Waals surface area contributed by atoms with E-state index in [0.717, 1.165) is 22.2 Å². The molecule has 2 N–H and O–H groups in total. The van der Waals surface area contributed by atoms with Gasteiger partial charge in [0.1, 0.15) is 11.6 Å². The Balaban J connectivity index is 1.81. The van der Waals surface area contributed by atoms with E-state index in [1.807, 2.05) is 12.1 Å². The molecule has 1 heterocycles. The Morgan fingerprint density at radius 1 is 1.33 bits per heavy atom. The highest BCUT2D eigenvalue weighted by atomic mass is 79.9. The molecule has 2 rings (SSSR count). The summed E-state index contributed by atoms with van der Waals surface area (Å²) in [5.41, 5.74) is 0.837. The first-order valence-electron chi connectivity index (χ1n) is 6.60. The van der Waals surface area contributed by atoms with Crippen molar-refractivity contribution < 1.29 is 8.81 Å². The summed E-state index contributed by atoms with van der Waals surface area (Å²) in [4.78, 5) is 4.13. The molecule has 112 valence electrons. The molecule has 1 aromatic heterocycles. The average Bonchev–Trinajstić information content (AvgIpc) is 2.99. The van der Waals surface area contributed by atoms with Gasteiger partial charge >= 0.3 is 0 Å². The van der Waals surface area contributed by atoms with E-state index in [4.69, 9.17) is 4.42 Å². The lowest BCUT2D eigenvalue weighted by molar-refractivity contribution is 0.507. The van der Waals surface area contributed by atoms with Crippen LogP contribution in [0.1, 0.15) is 11.3 Å². The molecule has 0 radical (unpaired) electrons. The van der Waals surface area contributed by atoms with Crippen LogP contribution in [0.3, 0.4) is 0 Å². The van der Waals surface area contributed by atoms with Crippen LogP contribution >= 0.6 is 15.9 Å². The van der Waals surface area contributed by atoms with Crippen LogP contribution in [0.2, 0.25) is 0 Å². The second kappa shape index (κ2) is 7.83. The summed E-state index contributed by atoms with van der Waals surface area (Å²) in [5, 5.41) is 6.33. The number of rotatable bonds is 5. The summed E-state index contributed by atoms with van der Waals surface area (Å²) in [6, 6.07) is 8.41. The molecule has 2 aromatic rings. The van der Waals surface area contributed by atoms with Crippen molar-refractivity contribution in [2.24, 2.45) is 4.99 Å². The molecule has 4 nitrogen and oxygen atoms in total. The molecule has 0 unspecified atom stereocenters. The van der Waals surface area contributed by atoms with Gasteiger partial charge in [0.2, 0.25) is 0 Å². The molecular weight excluding hydrogens is 337 g/mol. The topological polar surface area (TPSA) is 49.6 Å². The van der Waals surface area contributed by atoms with Gasteiger partial charge in [0.05, 0.1) is 6.26 Å². The van der Waals surface area contributed by atoms with Crippen molar-refractivity contribution in [1.29, 1.82) is 0 Å². The highest BCUT2D eigenvalue weighted by Crippen LogP contribution is 2.17. The highest BCUT2D eigenvalue weighted by molar-refractivity contribution is 9.10. The van der Waals surface area contributed by atoms with Crippen molar-refractivity contribution in [2.75, 3.05) is 13.6 Å². The van der Waals surface area contributed by atoms with E-state index in [9.17, 15) is 4.39 Å². The SMILES string of the molecule is CN=C(NCCc1ccco1)NCc1cc(F)ccc1Br. The molecule has 0 saturated heterocycles. The summed E-state index contributed by atoms with van der Waals surface area (Å²) in [6.07, 6.45) is 2.43. The molecule has 0 spiro atoms. The number of hydrogen-bond donors (Lipinski definition) is 2. The Labute approximate surface area is 131 Å². The maximum atomic E-state index is 13.2. The smallest absolute Gasteiger partial charge is 0.191 e. The number of hydrogen-bond acceptors (Lipinski definition) is 2. The summed E-state index contributed by atoms with van der Waals surface area (Å²) < 4.78 is 19.3. The molecule has 0 fully saturated rings. The minimum Gasteiger partial charge on any atom is -0.469 e. The molecule has 0 aliphatic carbocycles. The van der Waals surface area contributed by atoms with Crippen LogP contribution in [0.5, 0.6) is 0 Å². The second-order valence-electron chi connectivity index (χ2n) is 4.42. The van der Waals surface area contributed by atoms with E-state index in [0.29, 0.717) is 19.0 Å². The zero-order valence-corrected chi connectivity index (χ0v) is 13.3. The van der Waals surface area contributed by atoms with Crippen LogP contribution in [0.4, 0.5) is 4.39 Å². The van der Waals surface area contributed by atoms with Gasteiger partial charge in [-0.25, -0.2) is 4.39 Å². The fourth-order valence-electron chi connectivity index (χ4n) is 1.84. The van der Waals surface area contributed by atoms with Crippen LogP contribution in [-0.4, -0.2) is 19.6 Å². The first kappa shape index (κ1) is 15.6. The van der Waals surface area contributed by atoms with Crippen molar-refractivity contribution in [1.82, 2.24) is 10.6 Å². The number of benzene rings is 1. The first-order valence-corrected chi connectivity index (χ1v) is 7.39. The third-order valence-electron chi connectivity index (χ3n) is 2.92. The van der Waals surface area contributed by atoms with Crippen LogP contribution in [0.25, 0.3) is 0 Å². The van der Waals surface area contributed by atoms with Gasteiger partial charge in [-0.3, -0.25) is 4.99 Å². The lowest BCUT2D eigenvalue weighted by atomic mass is 10.2. The molecule has 0 aliphatic rings. The van der Waals surface area contributed by atoms with Crippen LogP contribution in [0.15, 0.2) is 50.5 Å². The molecule has 0 atom stereocenters. The van der Waals surface area contributed by atoms with Crippen molar-refractivity contribution in [3.63, 3.8) is 0 Å².